The monoisotopic (exact) mass is 355 g/mol. The summed E-state index contributed by atoms with van der Waals surface area (Å²) < 4.78 is 52.7. The van der Waals surface area contributed by atoms with Gasteiger partial charge in [0.05, 0.1) is 11.4 Å². The van der Waals surface area contributed by atoms with E-state index in [9.17, 15) is 17.6 Å². The molecular formula is C13H18ClF4N5. The van der Waals surface area contributed by atoms with Gasteiger partial charge in [-0.3, -0.25) is 4.68 Å². The van der Waals surface area contributed by atoms with Gasteiger partial charge in [-0.2, -0.15) is 27.8 Å². The molecule has 23 heavy (non-hydrogen) atoms. The normalized spacial score (nSPS) is 11.6. The molecule has 130 valence electrons. The van der Waals surface area contributed by atoms with E-state index >= 15 is 0 Å². The van der Waals surface area contributed by atoms with E-state index in [-0.39, 0.29) is 25.5 Å². The summed E-state index contributed by atoms with van der Waals surface area (Å²) in [7, 11) is 0. The van der Waals surface area contributed by atoms with Gasteiger partial charge in [-0.05, 0) is 19.9 Å². The van der Waals surface area contributed by atoms with Gasteiger partial charge in [-0.25, -0.2) is 4.68 Å². The fraction of sp³-hybridized carbons (Fsp3) is 0.538. The summed E-state index contributed by atoms with van der Waals surface area (Å²) in [5.41, 5.74) is 1.51. The third-order valence-electron chi connectivity index (χ3n) is 3.13. The molecule has 0 unspecified atom stereocenters. The van der Waals surface area contributed by atoms with Crippen LogP contribution in [0.2, 0.25) is 0 Å². The van der Waals surface area contributed by atoms with Gasteiger partial charge in [0, 0.05) is 31.4 Å². The second-order valence-corrected chi connectivity index (χ2v) is 4.89. The summed E-state index contributed by atoms with van der Waals surface area (Å²) >= 11 is 0. The summed E-state index contributed by atoms with van der Waals surface area (Å²) in [5, 5.41) is 10.8. The zero-order chi connectivity index (χ0) is 16.3. The molecule has 0 atom stereocenters. The molecule has 0 saturated heterocycles. The van der Waals surface area contributed by atoms with Crippen molar-refractivity contribution in [3.63, 3.8) is 0 Å². The van der Waals surface area contributed by atoms with Crippen LogP contribution in [0.4, 0.5) is 17.6 Å². The van der Waals surface area contributed by atoms with Crippen molar-refractivity contribution in [2.75, 3.05) is 0 Å². The molecule has 0 radical (unpaired) electrons. The standard InChI is InChI=1S/C13H17F4N5.ClH/c1-3-22-12(14)11(9(2)19-22)7-18-6-10-4-5-21(20-10)8-13(15,16)17;/h4-5,18H,3,6-8H2,1-2H3;1H. The smallest absolute Gasteiger partial charge is 0.307 e. The third kappa shape index (κ3) is 5.21. The van der Waals surface area contributed by atoms with Gasteiger partial charge in [-0.15, -0.1) is 12.4 Å². The molecule has 0 bridgehead atoms. The number of nitrogens with one attached hydrogen (secondary N) is 1. The molecule has 0 aliphatic carbocycles. The second-order valence-electron chi connectivity index (χ2n) is 4.89. The van der Waals surface area contributed by atoms with E-state index in [1.807, 2.05) is 0 Å². The molecule has 0 aliphatic heterocycles. The van der Waals surface area contributed by atoms with Gasteiger partial charge in [-0.1, -0.05) is 0 Å². The molecule has 0 fully saturated rings. The molecule has 1 N–H and O–H groups in total. The second kappa shape index (κ2) is 7.78. The fourth-order valence-electron chi connectivity index (χ4n) is 2.09. The van der Waals surface area contributed by atoms with Crippen LogP contribution in [-0.2, 0) is 26.2 Å². The molecule has 0 aromatic carbocycles. The van der Waals surface area contributed by atoms with Crippen molar-refractivity contribution in [3.05, 3.63) is 35.2 Å². The van der Waals surface area contributed by atoms with E-state index in [0.717, 1.165) is 4.68 Å². The van der Waals surface area contributed by atoms with Crippen LogP contribution < -0.4 is 5.32 Å². The van der Waals surface area contributed by atoms with Crippen LogP contribution in [-0.4, -0.2) is 25.7 Å². The van der Waals surface area contributed by atoms with Gasteiger partial charge in [0.1, 0.15) is 6.54 Å². The molecule has 0 amide bonds. The van der Waals surface area contributed by atoms with Gasteiger partial charge in [0.2, 0.25) is 5.95 Å². The Morgan fingerprint density at radius 2 is 1.91 bits per heavy atom. The topological polar surface area (TPSA) is 47.7 Å². The molecule has 5 nitrogen and oxygen atoms in total. The number of halogens is 5. The number of nitrogens with zero attached hydrogens (tertiary/aromatic N) is 4. The summed E-state index contributed by atoms with van der Waals surface area (Å²) in [6.45, 7) is 3.31. The summed E-state index contributed by atoms with van der Waals surface area (Å²) in [6, 6.07) is 1.50. The highest BCUT2D eigenvalue weighted by Crippen LogP contribution is 2.17. The first-order valence-corrected chi connectivity index (χ1v) is 6.81. The summed E-state index contributed by atoms with van der Waals surface area (Å²) in [4.78, 5) is 0. The van der Waals surface area contributed by atoms with Crippen LogP contribution >= 0.6 is 12.4 Å². The van der Waals surface area contributed by atoms with Crippen molar-refractivity contribution in [2.24, 2.45) is 0 Å². The Labute approximate surface area is 137 Å². The van der Waals surface area contributed by atoms with Crippen LogP contribution in [0.1, 0.15) is 23.9 Å². The molecule has 2 aromatic heterocycles. The Hall–Kier alpha value is -1.61. The van der Waals surface area contributed by atoms with E-state index in [0.29, 0.717) is 23.5 Å². The minimum absolute atomic E-state index is 0. The predicted octanol–water partition coefficient (Wildman–Crippen LogP) is 2.82. The summed E-state index contributed by atoms with van der Waals surface area (Å²) in [6.07, 6.45) is -3.03. The highest BCUT2D eigenvalue weighted by molar-refractivity contribution is 5.85. The van der Waals surface area contributed by atoms with Crippen LogP contribution in [0.3, 0.4) is 0 Å². The van der Waals surface area contributed by atoms with E-state index in [4.69, 9.17) is 0 Å². The first-order valence-electron chi connectivity index (χ1n) is 6.81. The van der Waals surface area contributed by atoms with Crippen LogP contribution in [0, 0.1) is 12.9 Å². The van der Waals surface area contributed by atoms with Crippen molar-refractivity contribution < 1.29 is 17.6 Å². The van der Waals surface area contributed by atoms with E-state index in [1.165, 1.54) is 16.9 Å². The maximum absolute atomic E-state index is 13.9. The first kappa shape index (κ1) is 19.4. The van der Waals surface area contributed by atoms with Crippen molar-refractivity contribution in [2.45, 2.75) is 46.2 Å². The number of alkyl halides is 3. The van der Waals surface area contributed by atoms with Crippen molar-refractivity contribution >= 4 is 12.4 Å². The van der Waals surface area contributed by atoms with Gasteiger partial charge < -0.3 is 5.32 Å². The molecular weight excluding hydrogens is 338 g/mol. The maximum Gasteiger partial charge on any atom is 0.408 e. The van der Waals surface area contributed by atoms with E-state index in [1.54, 1.807) is 13.8 Å². The van der Waals surface area contributed by atoms with Gasteiger partial charge in [0.15, 0.2) is 0 Å². The lowest BCUT2D eigenvalue weighted by molar-refractivity contribution is -0.142. The zero-order valence-corrected chi connectivity index (χ0v) is 13.5. The number of rotatable bonds is 6. The van der Waals surface area contributed by atoms with Crippen molar-refractivity contribution in [3.8, 4) is 0 Å². The zero-order valence-electron chi connectivity index (χ0n) is 12.7. The molecule has 0 saturated carbocycles. The SMILES string of the molecule is CCn1nc(C)c(CNCc2ccn(CC(F)(F)F)n2)c1F.Cl. The maximum atomic E-state index is 13.9. The van der Waals surface area contributed by atoms with Crippen LogP contribution in [0.15, 0.2) is 12.3 Å². The lowest BCUT2D eigenvalue weighted by Gasteiger charge is -2.05. The molecule has 2 rings (SSSR count). The average molecular weight is 356 g/mol. The number of hydrogen-bond acceptors (Lipinski definition) is 3. The van der Waals surface area contributed by atoms with Crippen molar-refractivity contribution in [1.29, 1.82) is 0 Å². The Morgan fingerprint density at radius 3 is 2.48 bits per heavy atom. The van der Waals surface area contributed by atoms with Gasteiger partial charge >= 0.3 is 6.18 Å². The fourth-order valence-corrected chi connectivity index (χ4v) is 2.09. The molecule has 0 spiro atoms. The van der Waals surface area contributed by atoms with Crippen LogP contribution in [0.25, 0.3) is 0 Å². The minimum atomic E-state index is -4.30. The van der Waals surface area contributed by atoms with Crippen molar-refractivity contribution in [1.82, 2.24) is 24.9 Å². The quantitative estimate of drug-likeness (QED) is 0.811. The first-order chi connectivity index (χ1) is 10.3. The third-order valence-corrected chi connectivity index (χ3v) is 3.13. The molecule has 2 heterocycles. The van der Waals surface area contributed by atoms with E-state index in [2.05, 4.69) is 15.5 Å². The summed E-state index contributed by atoms with van der Waals surface area (Å²) in [5.74, 6) is -0.393. The van der Waals surface area contributed by atoms with Gasteiger partial charge in [0.25, 0.3) is 0 Å². The Bertz CT molecular complexity index is 635. The molecule has 2 aromatic rings. The Balaban J connectivity index is 0.00000264. The lowest BCUT2D eigenvalue weighted by atomic mass is 10.2. The molecule has 10 heteroatoms. The lowest BCUT2D eigenvalue weighted by Crippen LogP contribution is -2.19. The van der Waals surface area contributed by atoms with Crippen LogP contribution in [0.5, 0.6) is 0 Å². The number of aryl methyl sites for hydroxylation is 2. The number of hydrogen-bond donors (Lipinski definition) is 1. The number of aromatic nitrogens is 4. The highest BCUT2D eigenvalue weighted by Gasteiger charge is 2.28. The molecule has 0 aliphatic rings. The predicted molar refractivity (Wildman–Crippen MR) is 78.7 cm³/mol. The van der Waals surface area contributed by atoms with E-state index < -0.39 is 18.7 Å². The minimum Gasteiger partial charge on any atom is -0.307 e. The highest BCUT2D eigenvalue weighted by atomic mass is 35.5. The Kier molecular flexibility index (Phi) is 6.57. The average Bonchev–Trinajstić information content (AvgIpc) is 2.95. The largest absolute Gasteiger partial charge is 0.408 e. The Morgan fingerprint density at radius 1 is 1.22 bits per heavy atom.